The summed E-state index contributed by atoms with van der Waals surface area (Å²) < 4.78 is 29.7. The Morgan fingerprint density at radius 2 is 2.16 bits per heavy atom. The highest BCUT2D eigenvalue weighted by Gasteiger charge is 2.09. The van der Waals surface area contributed by atoms with Gasteiger partial charge in [-0.2, -0.15) is 0 Å². The highest BCUT2D eigenvalue weighted by molar-refractivity contribution is 7.89. The molecule has 0 aliphatic heterocycles. The van der Waals surface area contributed by atoms with Gasteiger partial charge in [-0.3, -0.25) is 0 Å². The van der Waals surface area contributed by atoms with Crippen LogP contribution in [0.5, 0.6) is 0 Å². The third-order valence-electron chi connectivity index (χ3n) is 2.38. The van der Waals surface area contributed by atoms with Gasteiger partial charge in [-0.15, -0.1) is 0 Å². The van der Waals surface area contributed by atoms with Gasteiger partial charge in [-0.1, -0.05) is 6.92 Å². The minimum Gasteiger partial charge on any atom is -0.464 e. The number of aromatic nitrogens is 1. The molecule has 0 saturated heterocycles. The smallest absolute Gasteiger partial charge is 0.354 e. The van der Waals surface area contributed by atoms with Crippen molar-refractivity contribution in [3.05, 3.63) is 23.5 Å². The monoisotopic (exact) mass is 289 g/mol. The Bertz CT molecular complexity index is 510. The molecule has 0 aromatic carbocycles. The van der Waals surface area contributed by atoms with Gasteiger partial charge in [0.25, 0.3) is 0 Å². The van der Waals surface area contributed by atoms with E-state index in [1.165, 1.54) is 7.11 Å². The predicted molar refractivity (Wildman–Crippen MR) is 71.3 cm³/mol. The Hall–Kier alpha value is -1.38. The van der Waals surface area contributed by atoms with Gasteiger partial charge >= 0.3 is 5.97 Å². The van der Waals surface area contributed by atoms with Crippen molar-refractivity contribution in [3.63, 3.8) is 0 Å². The molecule has 19 heavy (non-hydrogen) atoms. The van der Waals surface area contributed by atoms with Crippen LogP contribution in [0.1, 0.15) is 23.1 Å². The molecule has 0 aliphatic rings. The van der Waals surface area contributed by atoms with Crippen LogP contribution in [0.25, 0.3) is 0 Å². The zero-order valence-corrected chi connectivity index (χ0v) is 11.8. The molecule has 0 radical (unpaired) electrons. The first kappa shape index (κ1) is 15.7. The summed E-state index contributed by atoms with van der Waals surface area (Å²) in [6, 6.07) is 3.37. The molecule has 3 N–H and O–H groups in total. The summed E-state index contributed by atoms with van der Waals surface area (Å²) in [6.45, 7) is 2.92. The Morgan fingerprint density at radius 3 is 2.79 bits per heavy atom. The van der Waals surface area contributed by atoms with Crippen LogP contribution in [-0.2, 0) is 21.3 Å². The van der Waals surface area contributed by atoms with E-state index < -0.39 is 16.0 Å². The first-order valence-corrected chi connectivity index (χ1v) is 7.58. The van der Waals surface area contributed by atoms with E-state index in [0.717, 1.165) is 5.69 Å². The number of H-pyrrole nitrogens is 1. The number of carbonyl (C=O) groups excluding carboxylic acids is 1. The van der Waals surface area contributed by atoms with Gasteiger partial charge in [0.2, 0.25) is 10.0 Å². The van der Waals surface area contributed by atoms with Crippen molar-refractivity contribution in [1.29, 1.82) is 0 Å². The van der Waals surface area contributed by atoms with Crippen LogP contribution in [0.4, 0.5) is 0 Å². The largest absolute Gasteiger partial charge is 0.464 e. The van der Waals surface area contributed by atoms with Crippen molar-refractivity contribution in [2.75, 3.05) is 26.0 Å². The van der Waals surface area contributed by atoms with Crippen molar-refractivity contribution in [2.45, 2.75) is 13.5 Å². The second kappa shape index (κ2) is 7.27. The summed E-state index contributed by atoms with van der Waals surface area (Å²) in [6.07, 6.45) is 0. The highest BCUT2D eigenvalue weighted by atomic mass is 32.2. The lowest BCUT2D eigenvalue weighted by Crippen LogP contribution is -2.31. The molecule has 1 aromatic heterocycles. The lowest BCUT2D eigenvalue weighted by atomic mass is 10.4. The molecule has 0 bridgehead atoms. The lowest BCUT2D eigenvalue weighted by Gasteiger charge is -2.05. The summed E-state index contributed by atoms with van der Waals surface area (Å²) in [7, 11) is -1.88. The van der Waals surface area contributed by atoms with Gasteiger partial charge in [0, 0.05) is 25.3 Å². The van der Waals surface area contributed by atoms with E-state index in [4.69, 9.17) is 0 Å². The summed E-state index contributed by atoms with van der Waals surface area (Å²) in [4.78, 5) is 14.1. The van der Waals surface area contributed by atoms with E-state index in [-0.39, 0.29) is 5.75 Å². The van der Waals surface area contributed by atoms with Gasteiger partial charge < -0.3 is 15.0 Å². The van der Waals surface area contributed by atoms with Gasteiger partial charge in [-0.05, 0) is 12.1 Å². The number of ether oxygens (including phenoxy) is 1. The Labute approximate surface area is 112 Å². The topological polar surface area (TPSA) is 100 Å². The summed E-state index contributed by atoms with van der Waals surface area (Å²) in [5.74, 6) is -0.410. The van der Waals surface area contributed by atoms with Crippen LogP contribution in [0.3, 0.4) is 0 Å². The maximum atomic E-state index is 11.4. The van der Waals surface area contributed by atoms with E-state index in [0.29, 0.717) is 25.3 Å². The molecule has 0 amide bonds. The Kier molecular flexibility index (Phi) is 6.00. The van der Waals surface area contributed by atoms with Crippen LogP contribution in [0, 0.1) is 0 Å². The molecular formula is C11H19N3O4S. The van der Waals surface area contributed by atoms with Gasteiger partial charge in [0.05, 0.1) is 12.9 Å². The molecule has 1 aromatic rings. The van der Waals surface area contributed by atoms with E-state index in [9.17, 15) is 13.2 Å². The molecule has 0 atom stereocenters. The van der Waals surface area contributed by atoms with Crippen LogP contribution in [-0.4, -0.2) is 45.3 Å². The quantitative estimate of drug-likeness (QED) is 0.456. The fourth-order valence-corrected chi connectivity index (χ4v) is 2.49. The average molecular weight is 289 g/mol. The molecule has 0 unspecified atom stereocenters. The van der Waals surface area contributed by atoms with E-state index >= 15 is 0 Å². The molecule has 8 heteroatoms. The molecule has 0 saturated carbocycles. The van der Waals surface area contributed by atoms with Crippen LogP contribution in [0.15, 0.2) is 12.1 Å². The van der Waals surface area contributed by atoms with Crippen LogP contribution in [0.2, 0.25) is 0 Å². The molecule has 7 nitrogen and oxygen atoms in total. The lowest BCUT2D eigenvalue weighted by molar-refractivity contribution is 0.0594. The number of hydrogen-bond donors (Lipinski definition) is 3. The molecular weight excluding hydrogens is 270 g/mol. The number of rotatable bonds is 8. The fourth-order valence-electron chi connectivity index (χ4n) is 1.49. The minimum atomic E-state index is -3.20. The zero-order chi connectivity index (χ0) is 14.3. The number of aromatic amines is 1. The van der Waals surface area contributed by atoms with Crippen molar-refractivity contribution in [3.8, 4) is 0 Å². The number of sulfonamides is 1. The zero-order valence-electron chi connectivity index (χ0n) is 11.0. The number of nitrogens with one attached hydrogen (secondary N) is 3. The first-order chi connectivity index (χ1) is 8.98. The maximum Gasteiger partial charge on any atom is 0.354 e. The molecule has 1 rings (SSSR count). The van der Waals surface area contributed by atoms with Crippen LogP contribution < -0.4 is 10.0 Å². The summed E-state index contributed by atoms with van der Waals surface area (Å²) in [5.41, 5.74) is 1.17. The number of esters is 1. The summed E-state index contributed by atoms with van der Waals surface area (Å²) >= 11 is 0. The average Bonchev–Trinajstić information content (AvgIpc) is 2.82. The van der Waals surface area contributed by atoms with E-state index in [2.05, 4.69) is 19.8 Å². The van der Waals surface area contributed by atoms with Crippen molar-refractivity contribution >= 4 is 16.0 Å². The standard InChI is InChI=1S/C11H19N3O4S/c1-3-13-19(16,17)7-6-12-8-9-4-5-10(14-9)11(15)18-2/h4-5,12-14H,3,6-8H2,1-2H3. The maximum absolute atomic E-state index is 11.4. The third-order valence-corrected chi connectivity index (χ3v) is 3.85. The third kappa shape index (κ3) is 5.41. The molecule has 1 heterocycles. The minimum absolute atomic E-state index is 0.0193. The second-order valence-electron chi connectivity index (χ2n) is 3.88. The molecule has 108 valence electrons. The predicted octanol–water partition coefficient (Wildman–Crippen LogP) is -0.170. The SMILES string of the molecule is CCNS(=O)(=O)CCNCc1ccc(C(=O)OC)[nH]1. The van der Waals surface area contributed by atoms with Crippen molar-refractivity contribution in [1.82, 2.24) is 15.0 Å². The molecule has 0 aliphatic carbocycles. The highest BCUT2D eigenvalue weighted by Crippen LogP contribution is 2.02. The number of carbonyl (C=O) groups is 1. The number of hydrogen-bond acceptors (Lipinski definition) is 5. The van der Waals surface area contributed by atoms with Gasteiger partial charge in [0.15, 0.2) is 0 Å². The van der Waals surface area contributed by atoms with Crippen molar-refractivity contribution in [2.24, 2.45) is 0 Å². The second-order valence-corrected chi connectivity index (χ2v) is 5.81. The molecule has 0 fully saturated rings. The fraction of sp³-hybridized carbons (Fsp3) is 0.545. The number of methoxy groups -OCH3 is 1. The molecule has 0 spiro atoms. The van der Waals surface area contributed by atoms with Crippen molar-refractivity contribution < 1.29 is 17.9 Å². The first-order valence-electron chi connectivity index (χ1n) is 5.92. The van der Waals surface area contributed by atoms with Crippen LogP contribution >= 0.6 is 0 Å². The Morgan fingerprint density at radius 1 is 1.42 bits per heavy atom. The van der Waals surface area contributed by atoms with E-state index in [1.54, 1.807) is 19.1 Å². The summed E-state index contributed by atoms with van der Waals surface area (Å²) in [5, 5.41) is 2.98. The normalized spacial score (nSPS) is 11.5. The van der Waals surface area contributed by atoms with E-state index in [1.807, 2.05) is 0 Å². The van der Waals surface area contributed by atoms with Gasteiger partial charge in [0.1, 0.15) is 5.69 Å². The van der Waals surface area contributed by atoms with Gasteiger partial charge in [-0.25, -0.2) is 17.9 Å². The Balaban J connectivity index is 2.34.